The number of fused-ring (bicyclic) bond motifs is 3. The Kier molecular flexibility index (Phi) is 6.71. The van der Waals surface area contributed by atoms with Crippen LogP contribution in [0.3, 0.4) is 0 Å². The molecule has 23 heavy (non-hydrogen) atoms. The average Bonchev–Trinajstić information content (AvgIpc) is 2.73. The molecular weight excluding hydrogens is 362 g/mol. The molecule has 0 aromatic heterocycles. The molecule has 1 aliphatic carbocycles. The van der Waals surface area contributed by atoms with E-state index in [1.54, 1.807) is 0 Å². The molecule has 0 spiro atoms. The maximum atomic E-state index is 11.0. The first-order valence-corrected chi connectivity index (χ1v) is 8.66. The summed E-state index contributed by atoms with van der Waals surface area (Å²) in [5, 5.41) is 0. The Morgan fingerprint density at radius 3 is 1.39 bits per heavy atom. The van der Waals surface area contributed by atoms with E-state index in [1.165, 1.54) is 36.4 Å². The van der Waals surface area contributed by atoms with Crippen molar-refractivity contribution in [3.63, 3.8) is 0 Å². The normalized spacial score (nSPS) is 12.6. The topological polar surface area (TPSA) is 114 Å². The van der Waals surface area contributed by atoms with Gasteiger partial charge in [0.05, 0.1) is 9.79 Å². The van der Waals surface area contributed by atoms with Gasteiger partial charge in [-0.2, -0.15) is 0 Å². The quantitative estimate of drug-likeness (QED) is 0.370. The van der Waals surface area contributed by atoms with Crippen LogP contribution in [-0.4, -0.2) is 55.5 Å². The molecule has 1 radical (unpaired) electrons. The summed E-state index contributed by atoms with van der Waals surface area (Å²) in [6.07, 6.45) is 0.275. The predicted molar refractivity (Wildman–Crippen MR) is 76.4 cm³/mol. The summed E-state index contributed by atoms with van der Waals surface area (Å²) < 4.78 is 66.1. The van der Waals surface area contributed by atoms with E-state index in [1.807, 2.05) is 0 Å². The van der Waals surface area contributed by atoms with Crippen molar-refractivity contribution in [3.05, 3.63) is 47.5 Å². The molecule has 0 saturated carbocycles. The Balaban J connectivity index is 0.00000132. The van der Waals surface area contributed by atoms with Crippen molar-refractivity contribution in [2.75, 3.05) is 0 Å². The van der Waals surface area contributed by atoms with Crippen LogP contribution in [0.1, 0.15) is 11.1 Å². The van der Waals surface area contributed by atoms with E-state index >= 15 is 0 Å². The van der Waals surface area contributed by atoms with Gasteiger partial charge in [0.15, 0.2) is 0 Å². The van der Waals surface area contributed by atoms with E-state index in [0.29, 0.717) is 11.1 Å². The van der Waals surface area contributed by atoms with Gasteiger partial charge in [0, 0.05) is 29.6 Å². The zero-order valence-electron chi connectivity index (χ0n) is 12.4. The molecule has 6 nitrogen and oxygen atoms in total. The monoisotopic (exact) mass is 370 g/mol. The number of hydrogen-bond donors (Lipinski definition) is 0. The van der Waals surface area contributed by atoms with E-state index in [4.69, 9.17) is 0 Å². The molecule has 0 unspecified atom stereocenters. The standard InChI is InChI=1S/C13H10O6S2.2Na/c14-20(15,16)10-1-3-12-8(6-10)5-9-7-11(21(17,18)19)2-4-13(9)12;;/h1-4,6-7H,5H2,(H,14,15,16)(H,17,18,19);;/q;;+1/p-2. The molecule has 111 valence electrons. The molecule has 2 aromatic carbocycles. The van der Waals surface area contributed by atoms with Crippen molar-refractivity contribution < 1.29 is 55.5 Å². The minimum atomic E-state index is -4.54. The summed E-state index contributed by atoms with van der Waals surface area (Å²) in [6, 6.07) is 8.02. The van der Waals surface area contributed by atoms with Crippen molar-refractivity contribution >= 4 is 49.8 Å². The predicted octanol–water partition coefficient (Wildman–Crippen LogP) is -2.31. The summed E-state index contributed by atoms with van der Waals surface area (Å²) in [6.45, 7) is 0. The first-order valence-electron chi connectivity index (χ1n) is 5.84. The van der Waals surface area contributed by atoms with E-state index in [-0.39, 0.29) is 75.3 Å². The zero-order valence-corrected chi connectivity index (χ0v) is 18.1. The third kappa shape index (κ3) is 4.27. The van der Waals surface area contributed by atoms with E-state index in [9.17, 15) is 25.9 Å². The molecule has 0 fully saturated rings. The minimum Gasteiger partial charge on any atom is -0.744 e. The number of benzene rings is 2. The second kappa shape index (κ2) is 7.25. The van der Waals surface area contributed by atoms with Gasteiger partial charge in [-0.05, 0) is 52.9 Å². The van der Waals surface area contributed by atoms with Crippen molar-refractivity contribution in [1.29, 1.82) is 0 Å². The van der Waals surface area contributed by atoms with Crippen molar-refractivity contribution in [3.8, 4) is 11.1 Å². The fraction of sp³-hybridized carbons (Fsp3) is 0.0769. The van der Waals surface area contributed by atoms with Gasteiger partial charge < -0.3 is 9.11 Å². The number of hydrogen-bond acceptors (Lipinski definition) is 6. The molecule has 0 N–H and O–H groups in total. The van der Waals surface area contributed by atoms with Gasteiger partial charge >= 0.3 is 29.6 Å². The Labute approximate surface area is 178 Å². The second-order valence-electron chi connectivity index (χ2n) is 4.72. The van der Waals surface area contributed by atoms with Crippen LogP contribution in [0.4, 0.5) is 0 Å². The van der Waals surface area contributed by atoms with Gasteiger partial charge in [-0.15, -0.1) is 0 Å². The summed E-state index contributed by atoms with van der Waals surface area (Å²) in [7, 11) is -9.08. The molecule has 0 heterocycles. The van der Waals surface area contributed by atoms with Crippen LogP contribution >= 0.6 is 0 Å². The molecule has 0 bridgehead atoms. The Hall–Kier alpha value is 0.260. The Morgan fingerprint density at radius 1 is 0.739 bits per heavy atom. The van der Waals surface area contributed by atoms with Gasteiger partial charge in [0.25, 0.3) is 0 Å². The first kappa shape index (κ1) is 21.3. The average molecular weight is 370 g/mol. The fourth-order valence-corrected chi connectivity index (χ4v) is 3.52. The fourth-order valence-electron chi connectivity index (χ4n) is 2.47. The largest absolute Gasteiger partial charge is 1.00 e. The van der Waals surface area contributed by atoms with Crippen LogP contribution in [0, 0.1) is 0 Å². The zero-order chi connectivity index (χ0) is 15.4. The Bertz CT molecular complexity index is 888. The van der Waals surface area contributed by atoms with Crippen molar-refractivity contribution in [2.45, 2.75) is 16.2 Å². The van der Waals surface area contributed by atoms with E-state index in [0.717, 1.165) is 11.1 Å². The summed E-state index contributed by atoms with van der Waals surface area (Å²) >= 11 is 0. The van der Waals surface area contributed by atoms with Gasteiger partial charge in [-0.3, -0.25) is 0 Å². The molecule has 0 atom stereocenters. The van der Waals surface area contributed by atoms with E-state index < -0.39 is 20.2 Å². The van der Waals surface area contributed by atoms with Crippen LogP contribution in [0.2, 0.25) is 0 Å². The molecule has 1 aliphatic rings. The van der Waals surface area contributed by atoms with Crippen LogP contribution in [-0.2, 0) is 26.7 Å². The van der Waals surface area contributed by atoms with Crippen LogP contribution in [0.25, 0.3) is 11.1 Å². The smallest absolute Gasteiger partial charge is 0.744 e. The molecule has 3 rings (SSSR count). The molecule has 2 aromatic rings. The summed E-state index contributed by atoms with van der Waals surface area (Å²) in [5.41, 5.74) is 2.68. The van der Waals surface area contributed by atoms with Crippen LogP contribution in [0.5, 0.6) is 0 Å². The molecule has 0 amide bonds. The van der Waals surface area contributed by atoms with Gasteiger partial charge in [-0.1, -0.05) is 12.1 Å². The van der Waals surface area contributed by atoms with Crippen molar-refractivity contribution in [1.82, 2.24) is 0 Å². The third-order valence-electron chi connectivity index (χ3n) is 3.40. The van der Waals surface area contributed by atoms with Gasteiger partial charge in [0.2, 0.25) is 0 Å². The first-order chi connectivity index (χ1) is 9.66. The SMILES string of the molecule is O=S(=O)([O-])c1ccc2c(c1)Cc1cc(S(=O)(=O)[O-])ccc1-2.[Na+].[Na]. The van der Waals surface area contributed by atoms with E-state index in [2.05, 4.69) is 0 Å². The minimum absolute atomic E-state index is 0. The summed E-state index contributed by atoms with van der Waals surface area (Å²) in [5.74, 6) is 0. The maximum absolute atomic E-state index is 11.0. The van der Waals surface area contributed by atoms with Gasteiger partial charge in [0.1, 0.15) is 20.2 Å². The second-order valence-corrected chi connectivity index (χ2v) is 7.48. The maximum Gasteiger partial charge on any atom is 1.00 e. The van der Waals surface area contributed by atoms with Crippen LogP contribution in [0.15, 0.2) is 46.2 Å². The summed E-state index contributed by atoms with van der Waals surface area (Å²) in [4.78, 5) is -0.656. The molecule has 0 saturated heterocycles. The number of rotatable bonds is 2. The third-order valence-corrected chi connectivity index (χ3v) is 5.06. The molecule has 0 aliphatic heterocycles. The Morgan fingerprint density at radius 2 is 1.09 bits per heavy atom. The molecular formula is C13H8Na2O6S2-. The molecule has 10 heteroatoms. The van der Waals surface area contributed by atoms with Crippen LogP contribution < -0.4 is 29.6 Å². The van der Waals surface area contributed by atoms with Crippen molar-refractivity contribution in [2.24, 2.45) is 0 Å². The van der Waals surface area contributed by atoms with Gasteiger partial charge in [-0.25, -0.2) is 16.8 Å².